The largest absolute Gasteiger partial charge is 0.507 e. The van der Waals surface area contributed by atoms with Crippen LogP contribution in [-0.4, -0.2) is 17.1 Å². The fraction of sp³-hybridized carbons (Fsp3) is 0.188. The van der Waals surface area contributed by atoms with Crippen molar-refractivity contribution in [2.75, 3.05) is 4.90 Å². The van der Waals surface area contributed by atoms with Crippen LogP contribution in [0.1, 0.15) is 22.8 Å². The molecule has 0 radical (unpaired) electrons. The quantitative estimate of drug-likeness (QED) is 0.864. The molecule has 1 aliphatic heterocycles. The molecule has 1 aliphatic rings. The van der Waals surface area contributed by atoms with Gasteiger partial charge in [-0.2, -0.15) is 0 Å². The molecule has 1 atom stereocenters. The van der Waals surface area contributed by atoms with Gasteiger partial charge in [-0.15, -0.1) is 0 Å². The Morgan fingerprint density at radius 2 is 2.05 bits per heavy atom. The van der Waals surface area contributed by atoms with Crippen molar-refractivity contribution < 1.29 is 9.90 Å². The third kappa shape index (κ3) is 2.10. The van der Waals surface area contributed by atoms with Crippen LogP contribution >= 0.6 is 15.9 Å². The van der Waals surface area contributed by atoms with E-state index in [1.54, 1.807) is 23.1 Å². The van der Waals surface area contributed by atoms with Gasteiger partial charge in [0, 0.05) is 16.2 Å². The van der Waals surface area contributed by atoms with Gasteiger partial charge in [-0.25, -0.2) is 0 Å². The minimum absolute atomic E-state index is 0.000885. The second-order valence-corrected chi connectivity index (χ2v) is 5.93. The number of phenols is 1. The van der Waals surface area contributed by atoms with E-state index in [1.807, 2.05) is 31.2 Å². The molecule has 3 rings (SSSR count). The van der Waals surface area contributed by atoms with Gasteiger partial charge in [0.2, 0.25) is 0 Å². The predicted molar refractivity (Wildman–Crippen MR) is 82.2 cm³/mol. The first-order valence-corrected chi connectivity index (χ1v) is 7.27. The normalized spacial score (nSPS) is 17.1. The number of hydrogen-bond donors (Lipinski definition) is 1. The van der Waals surface area contributed by atoms with Crippen LogP contribution in [-0.2, 0) is 6.42 Å². The number of carbonyl (C=O) groups is 1. The molecule has 20 heavy (non-hydrogen) atoms. The molecule has 2 aromatic carbocycles. The van der Waals surface area contributed by atoms with Gasteiger partial charge in [0.05, 0.1) is 5.56 Å². The van der Waals surface area contributed by atoms with E-state index in [1.165, 1.54) is 5.56 Å². The summed E-state index contributed by atoms with van der Waals surface area (Å²) in [5.74, 6) is -0.159. The first kappa shape index (κ1) is 13.2. The lowest BCUT2D eigenvalue weighted by molar-refractivity contribution is 0.0979. The maximum absolute atomic E-state index is 12.7. The standard InChI is InChI=1S/C16H14BrNO2/c1-10-8-11-4-2-3-5-14(11)18(10)16(20)13-7-6-12(17)9-15(13)19/h2-7,9-10,19H,8H2,1H3. The van der Waals surface area contributed by atoms with Gasteiger partial charge in [-0.05, 0) is 43.2 Å². The first-order valence-electron chi connectivity index (χ1n) is 6.48. The Balaban J connectivity index is 2.03. The van der Waals surface area contributed by atoms with Crippen LogP contribution in [0.4, 0.5) is 5.69 Å². The van der Waals surface area contributed by atoms with Gasteiger partial charge in [0.1, 0.15) is 5.75 Å². The Kier molecular flexibility index (Phi) is 3.26. The number of amides is 1. The smallest absolute Gasteiger partial charge is 0.262 e. The zero-order valence-electron chi connectivity index (χ0n) is 11.0. The highest BCUT2D eigenvalue weighted by Gasteiger charge is 2.32. The van der Waals surface area contributed by atoms with Crippen molar-refractivity contribution in [3.05, 3.63) is 58.1 Å². The third-order valence-corrected chi connectivity index (χ3v) is 4.11. The van der Waals surface area contributed by atoms with Crippen LogP contribution in [0.3, 0.4) is 0 Å². The summed E-state index contributed by atoms with van der Waals surface area (Å²) in [6, 6.07) is 13.0. The van der Waals surface area contributed by atoms with Crippen molar-refractivity contribution in [2.45, 2.75) is 19.4 Å². The second kappa shape index (κ2) is 4.94. The fourth-order valence-corrected chi connectivity index (χ4v) is 3.04. The predicted octanol–water partition coefficient (Wildman–Crippen LogP) is 3.75. The molecule has 1 N–H and O–H groups in total. The Bertz CT molecular complexity index is 684. The zero-order chi connectivity index (χ0) is 14.3. The Morgan fingerprint density at radius 3 is 2.80 bits per heavy atom. The second-order valence-electron chi connectivity index (χ2n) is 5.02. The van der Waals surface area contributed by atoms with E-state index < -0.39 is 0 Å². The fourth-order valence-electron chi connectivity index (χ4n) is 2.69. The number of nitrogens with zero attached hydrogens (tertiary/aromatic N) is 1. The monoisotopic (exact) mass is 331 g/mol. The van der Waals surface area contributed by atoms with Crippen LogP contribution in [0.5, 0.6) is 5.75 Å². The van der Waals surface area contributed by atoms with Gasteiger partial charge in [-0.1, -0.05) is 34.1 Å². The molecule has 0 aliphatic carbocycles. The summed E-state index contributed by atoms with van der Waals surface area (Å²) in [5, 5.41) is 9.98. The van der Waals surface area contributed by atoms with Crippen LogP contribution in [0.2, 0.25) is 0 Å². The van der Waals surface area contributed by atoms with Gasteiger partial charge in [-0.3, -0.25) is 4.79 Å². The SMILES string of the molecule is CC1Cc2ccccc2N1C(=O)c1ccc(Br)cc1O. The molecular weight excluding hydrogens is 318 g/mol. The summed E-state index contributed by atoms with van der Waals surface area (Å²) < 4.78 is 0.751. The molecule has 0 bridgehead atoms. The number of hydrogen-bond acceptors (Lipinski definition) is 2. The Labute approximate surface area is 126 Å². The van der Waals surface area contributed by atoms with Crippen molar-refractivity contribution in [1.29, 1.82) is 0 Å². The summed E-state index contributed by atoms with van der Waals surface area (Å²) in [5.41, 5.74) is 2.44. The summed E-state index contributed by atoms with van der Waals surface area (Å²) in [4.78, 5) is 14.5. The number of rotatable bonds is 1. The highest BCUT2D eigenvalue weighted by molar-refractivity contribution is 9.10. The van der Waals surface area contributed by atoms with Crippen LogP contribution < -0.4 is 4.90 Å². The topological polar surface area (TPSA) is 40.5 Å². The molecule has 1 heterocycles. The molecule has 2 aromatic rings. The maximum atomic E-state index is 12.7. The average Bonchev–Trinajstić information content (AvgIpc) is 2.73. The van der Waals surface area contributed by atoms with Gasteiger partial charge in [0.25, 0.3) is 5.91 Å². The van der Waals surface area contributed by atoms with Gasteiger partial charge in [0.15, 0.2) is 0 Å². The van der Waals surface area contributed by atoms with E-state index in [0.29, 0.717) is 5.56 Å². The maximum Gasteiger partial charge on any atom is 0.262 e. The van der Waals surface area contributed by atoms with Crippen molar-refractivity contribution >= 4 is 27.5 Å². The van der Waals surface area contributed by atoms with Crippen LogP contribution in [0.15, 0.2) is 46.9 Å². The van der Waals surface area contributed by atoms with E-state index in [9.17, 15) is 9.90 Å². The summed E-state index contributed by atoms with van der Waals surface area (Å²) in [6.45, 7) is 2.02. The zero-order valence-corrected chi connectivity index (χ0v) is 12.6. The van der Waals surface area contributed by atoms with Crippen molar-refractivity contribution in [1.82, 2.24) is 0 Å². The molecule has 0 spiro atoms. The van der Waals surface area contributed by atoms with Crippen molar-refractivity contribution in [3.63, 3.8) is 0 Å². The van der Waals surface area contributed by atoms with Crippen molar-refractivity contribution in [2.24, 2.45) is 0 Å². The number of carbonyl (C=O) groups excluding carboxylic acids is 1. The highest BCUT2D eigenvalue weighted by Crippen LogP contribution is 2.34. The molecule has 0 aromatic heterocycles. The van der Waals surface area contributed by atoms with Gasteiger partial charge >= 0.3 is 0 Å². The molecule has 1 unspecified atom stereocenters. The molecular formula is C16H14BrNO2. The molecule has 102 valence electrons. The van der Waals surface area contributed by atoms with E-state index in [-0.39, 0.29) is 17.7 Å². The number of anilines is 1. The van der Waals surface area contributed by atoms with Crippen LogP contribution in [0.25, 0.3) is 0 Å². The lowest BCUT2D eigenvalue weighted by Crippen LogP contribution is -2.35. The van der Waals surface area contributed by atoms with E-state index in [0.717, 1.165) is 16.6 Å². The Hall–Kier alpha value is -1.81. The first-order chi connectivity index (χ1) is 9.58. The summed E-state index contributed by atoms with van der Waals surface area (Å²) >= 11 is 3.28. The van der Waals surface area contributed by atoms with Crippen LogP contribution in [0, 0.1) is 0 Å². The minimum Gasteiger partial charge on any atom is -0.507 e. The van der Waals surface area contributed by atoms with E-state index >= 15 is 0 Å². The van der Waals surface area contributed by atoms with E-state index in [4.69, 9.17) is 0 Å². The van der Waals surface area contributed by atoms with E-state index in [2.05, 4.69) is 15.9 Å². The third-order valence-electron chi connectivity index (χ3n) is 3.62. The highest BCUT2D eigenvalue weighted by atomic mass is 79.9. The molecule has 0 saturated carbocycles. The summed E-state index contributed by atoms with van der Waals surface area (Å²) in [6.07, 6.45) is 0.846. The molecule has 3 nitrogen and oxygen atoms in total. The minimum atomic E-state index is -0.160. The molecule has 0 fully saturated rings. The lowest BCUT2D eigenvalue weighted by Gasteiger charge is -2.23. The number of para-hydroxylation sites is 1. The number of halogens is 1. The number of phenolic OH excluding ortho intramolecular Hbond substituents is 1. The molecule has 4 heteroatoms. The van der Waals surface area contributed by atoms with Crippen molar-refractivity contribution in [3.8, 4) is 5.75 Å². The molecule has 1 amide bonds. The molecule has 0 saturated heterocycles. The number of aromatic hydroxyl groups is 1. The summed E-state index contributed by atoms with van der Waals surface area (Å²) in [7, 11) is 0. The Morgan fingerprint density at radius 1 is 1.30 bits per heavy atom. The van der Waals surface area contributed by atoms with Gasteiger partial charge < -0.3 is 10.0 Å². The number of fused-ring (bicyclic) bond motifs is 1. The lowest BCUT2D eigenvalue weighted by atomic mass is 10.1. The number of benzene rings is 2. The average molecular weight is 332 g/mol.